The predicted octanol–water partition coefficient (Wildman–Crippen LogP) is 2.05. The van der Waals surface area contributed by atoms with Gasteiger partial charge < -0.3 is 10.2 Å². The Morgan fingerprint density at radius 1 is 1.29 bits per heavy atom. The highest BCUT2D eigenvalue weighted by molar-refractivity contribution is 5.98. The lowest BCUT2D eigenvalue weighted by molar-refractivity contribution is -0.152. The minimum Gasteiger partial charge on any atom is -0.337 e. The van der Waals surface area contributed by atoms with Gasteiger partial charge in [0.1, 0.15) is 5.54 Å². The fourth-order valence-corrected chi connectivity index (χ4v) is 3.17. The van der Waals surface area contributed by atoms with E-state index in [-0.39, 0.29) is 24.4 Å². The fraction of sp³-hybridized carbons (Fsp3) is 0.529. The number of rotatable bonds is 4. The van der Waals surface area contributed by atoms with Gasteiger partial charge in [-0.1, -0.05) is 43.2 Å². The molecular weight excluding hydrogens is 264 g/mol. The quantitative estimate of drug-likeness (QED) is 0.921. The van der Waals surface area contributed by atoms with Crippen molar-refractivity contribution in [2.24, 2.45) is 5.92 Å². The second-order valence-electron chi connectivity index (χ2n) is 6.50. The monoisotopic (exact) mass is 286 g/mol. The molecule has 1 aromatic carbocycles. The first kappa shape index (κ1) is 14.1. The van der Waals surface area contributed by atoms with E-state index in [4.69, 9.17) is 0 Å². The minimum absolute atomic E-state index is 0.00134. The number of hydrogen-bond acceptors (Lipinski definition) is 2. The maximum atomic E-state index is 12.9. The standard InChI is InChI=1S/C17H22N2O2/c1-12(10-13-8-9-13)19-11-15(20)18-17(2,16(19)21)14-6-4-3-5-7-14/h3-7,12-13H,8-11H2,1-2H3,(H,18,20). The van der Waals surface area contributed by atoms with E-state index in [2.05, 4.69) is 12.2 Å². The highest BCUT2D eigenvalue weighted by Gasteiger charge is 2.46. The maximum Gasteiger partial charge on any atom is 0.253 e. The molecule has 112 valence electrons. The molecule has 1 aromatic rings. The molecular formula is C17H22N2O2. The Morgan fingerprint density at radius 2 is 1.95 bits per heavy atom. The van der Waals surface area contributed by atoms with Crippen LogP contribution >= 0.6 is 0 Å². The molecule has 4 heteroatoms. The molecule has 0 bridgehead atoms. The third-order valence-corrected chi connectivity index (χ3v) is 4.65. The summed E-state index contributed by atoms with van der Waals surface area (Å²) in [5.74, 6) is 0.658. The third kappa shape index (κ3) is 2.67. The molecule has 0 radical (unpaired) electrons. The summed E-state index contributed by atoms with van der Waals surface area (Å²) in [7, 11) is 0. The zero-order chi connectivity index (χ0) is 15.0. The van der Waals surface area contributed by atoms with Crippen molar-refractivity contribution in [3.63, 3.8) is 0 Å². The van der Waals surface area contributed by atoms with Crippen molar-refractivity contribution in [2.75, 3.05) is 6.54 Å². The summed E-state index contributed by atoms with van der Waals surface area (Å²) >= 11 is 0. The van der Waals surface area contributed by atoms with E-state index in [1.807, 2.05) is 30.3 Å². The van der Waals surface area contributed by atoms with Gasteiger partial charge >= 0.3 is 0 Å². The smallest absolute Gasteiger partial charge is 0.253 e. The van der Waals surface area contributed by atoms with Crippen LogP contribution in [0.15, 0.2) is 30.3 Å². The first-order valence-corrected chi connectivity index (χ1v) is 7.68. The van der Waals surface area contributed by atoms with Gasteiger partial charge in [0.05, 0.1) is 6.54 Å². The van der Waals surface area contributed by atoms with Crippen molar-refractivity contribution < 1.29 is 9.59 Å². The molecule has 2 amide bonds. The van der Waals surface area contributed by atoms with Crippen molar-refractivity contribution in [3.8, 4) is 0 Å². The van der Waals surface area contributed by atoms with Crippen LogP contribution in [0.5, 0.6) is 0 Å². The van der Waals surface area contributed by atoms with E-state index >= 15 is 0 Å². The molecule has 0 aromatic heterocycles. The number of nitrogens with zero attached hydrogens (tertiary/aromatic N) is 1. The Hall–Kier alpha value is -1.84. The van der Waals surface area contributed by atoms with Gasteiger partial charge in [-0.25, -0.2) is 0 Å². The van der Waals surface area contributed by atoms with Crippen LogP contribution in [0.4, 0.5) is 0 Å². The summed E-state index contributed by atoms with van der Waals surface area (Å²) in [5, 5.41) is 2.88. The summed E-state index contributed by atoms with van der Waals surface area (Å²) in [6.07, 6.45) is 3.52. The van der Waals surface area contributed by atoms with E-state index in [0.717, 1.165) is 17.9 Å². The number of nitrogens with one attached hydrogen (secondary N) is 1. The molecule has 4 nitrogen and oxygen atoms in total. The third-order valence-electron chi connectivity index (χ3n) is 4.65. The summed E-state index contributed by atoms with van der Waals surface area (Å²) in [6.45, 7) is 4.04. The van der Waals surface area contributed by atoms with Crippen molar-refractivity contribution in [3.05, 3.63) is 35.9 Å². The van der Waals surface area contributed by atoms with Crippen LogP contribution in [-0.4, -0.2) is 29.3 Å². The molecule has 1 aliphatic carbocycles. The number of benzene rings is 1. The summed E-state index contributed by atoms with van der Waals surface area (Å²) in [4.78, 5) is 26.8. The molecule has 1 aliphatic heterocycles. The van der Waals surface area contributed by atoms with Gasteiger partial charge in [-0.15, -0.1) is 0 Å². The molecule has 2 fully saturated rings. The number of hydrogen-bond donors (Lipinski definition) is 1. The Labute approximate surface area is 125 Å². The maximum absolute atomic E-state index is 12.9. The zero-order valence-corrected chi connectivity index (χ0v) is 12.6. The molecule has 3 rings (SSSR count). The molecule has 1 saturated heterocycles. The van der Waals surface area contributed by atoms with Crippen LogP contribution in [0, 0.1) is 5.92 Å². The first-order chi connectivity index (χ1) is 10.0. The number of piperazine rings is 1. The summed E-state index contributed by atoms with van der Waals surface area (Å²) in [6, 6.07) is 9.62. The summed E-state index contributed by atoms with van der Waals surface area (Å²) < 4.78 is 0. The van der Waals surface area contributed by atoms with Crippen LogP contribution in [0.3, 0.4) is 0 Å². The fourth-order valence-electron chi connectivity index (χ4n) is 3.17. The van der Waals surface area contributed by atoms with Crippen LogP contribution in [0.25, 0.3) is 0 Å². The van der Waals surface area contributed by atoms with Gasteiger partial charge in [-0.05, 0) is 31.7 Å². The lowest BCUT2D eigenvalue weighted by Gasteiger charge is -2.42. The van der Waals surface area contributed by atoms with E-state index in [0.29, 0.717) is 0 Å². The molecule has 21 heavy (non-hydrogen) atoms. The first-order valence-electron chi connectivity index (χ1n) is 7.68. The molecule has 0 spiro atoms. The predicted molar refractivity (Wildman–Crippen MR) is 80.5 cm³/mol. The minimum atomic E-state index is -0.950. The van der Waals surface area contributed by atoms with E-state index in [1.165, 1.54) is 12.8 Å². The molecule has 2 atom stereocenters. The molecule has 1 saturated carbocycles. The highest BCUT2D eigenvalue weighted by atomic mass is 16.2. The molecule has 1 N–H and O–H groups in total. The van der Waals surface area contributed by atoms with Crippen LogP contribution in [0.1, 0.15) is 38.7 Å². The Bertz CT molecular complexity index is 553. The van der Waals surface area contributed by atoms with E-state index in [1.54, 1.807) is 11.8 Å². The Kier molecular flexibility index (Phi) is 3.47. The molecule has 2 aliphatic rings. The number of carbonyl (C=O) groups excluding carboxylic acids is 2. The van der Waals surface area contributed by atoms with Gasteiger partial charge in [0, 0.05) is 6.04 Å². The van der Waals surface area contributed by atoms with E-state index in [9.17, 15) is 9.59 Å². The van der Waals surface area contributed by atoms with Crippen LogP contribution < -0.4 is 5.32 Å². The highest BCUT2D eigenvalue weighted by Crippen LogP contribution is 2.36. The normalized spacial score (nSPS) is 27.4. The van der Waals surface area contributed by atoms with Gasteiger partial charge in [0.2, 0.25) is 5.91 Å². The SMILES string of the molecule is CC(CC1CC1)N1CC(=O)NC(C)(c2ccccc2)C1=O. The van der Waals surface area contributed by atoms with Crippen molar-refractivity contribution in [1.29, 1.82) is 0 Å². The number of carbonyl (C=O) groups is 2. The van der Waals surface area contributed by atoms with Crippen LogP contribution in [-0.2, 0) is 15.1 Å². The summed E-state index contributed by atoms with van der Waals surface area (Å²) in [5.41, 5.74) is -0.110. The number of amides is 2. The van der Waals surface area contributed by atoms with E-state index < -0.39 is 5.54 Å². The van der Waals surface area contributed by atoms with Crippen molar-refractivity contribution in [2.45, 2.75) is 44.7 Å². The lowest BCUT2D eigenvalue weighted by Crippen LogP contribution is -2.65. The van der Waals surface area contributed by atoms with Gasteiger partial charge in [-0.3, -0.25) is 9.59 Å². The Balaban J connectivity index is 1.87. The van der Waals surface area contributed by atoms with Crippen molar-refractivity contribution >= 4 is 11.8 Å². The van der Waals surface area contributed by atoms with Gasteiger partial charge in [0.25, 0.3) is 5.91 Å². The van der Waals surface area contributed by atoms with Crippen LogP contribution in [0.2, 0.25) is 0 Å². The molecule has 1 heterocycles. The van der Waals surface area contributed by atoms with Gasteiger partial charge in [-0.2, -0.15) is 0 Å². The molecule has 2 unspecified atom stereocenters. The largest absolute Gasteiger partial charge is 0.337 e. The zero-order valence-electron chi connectivity index (χ0n) is 12.6. The Morgan fingerprint density at radius 3 is 2.57 bits per heavy atom. The second-order valence-corrected chi connectivity index (χ2v) is 6.50. The second kappa shape index (κ2) is 5.17. The van der Waals surface area contributed by atoms with Crippen molar-refractivity contribution in [1.82, 2.24) is 10.2 Å². The van der Waals surface area contributed by atoms with Gasteiger partial charge in [0.15, 0.2) is 0 Å². The topological polar surface area (TPSA) is 49.4 Å². The average Bonchev–Trinajstić information content (AvgIpc) is 3.27. The lowest BCUT2D eigenvalue weighted by atomic mass is 9.87. The average molecular weight is 286 g/mol.